The van der Waals surface area contributed by atoms with Crippen LogP contribution < -0.4 is 43.4 Å². The second-order valence-electron chi connectivity index (χ2n) is 19.6. The second kappa shape index (κ2) is 18.4. The minimum atomic E-state index is -0.680. The molecule has 0 radical (unpaired) electrons. The van der Waals surface area contributed by atoms with E-state index in [1.54, 1.807) is 14.2 Å². The summed E-state index contributed by atoms with van der Waals surface area (Å²) in [5, 5.41) is 32.6. The predicted molar refractivity (Wildman–Crippen MR) is 256 cm³/mol. The number of nitrogens with zero attached hydrogens (tertiary/aromatic N) is 4. The van der Waals surface area contributed by atoms with Gasteiger partial charge in [0, 0.05) is 71.8 Å². The Bertz CT molecular complexity index is 2710. The Balaban J connectivity index is 0.00000274. The number of quaternary nitrogens is 2. The zero-order valence-electron chi connectivity index (χ0n) is 37.9. The van der Waals surface area contributed by atoms with Crippen molar-refractivity contribution in [2.75, 3.05) is 40.4 Å². The number of hydrogen-bond donors (Lipinski definition) is 2. The van der Waals surface area contributed by atoms with Crippen molar-refractivity contribution in [3.63, 3.8) is 0 Å². The monoisotopic (exact) mass is 1010 g/mol. The number of aliphatic hydroxyl groups excluding tert-OH is 2. The molecule has 8 nitrogen and oxygen atoms in total. The zero-order valence-corrected chi connectivity index (χ0v) is 41.1. The standard InChI is InChI=1S/C56H60N4O4.2BrH/c1-5-35-31-59(25-21-37(35)27-53(59)55(61)45-19-23-57-51-17-15-39(63-3)29-47(45)51)33-49-41-11-7-9-13-43(41)50(44-14-10-8-12-42(44)49)34-60-26-22-38(36(6-2)32-60)28-54(60)56(62)46-20-24-58-52-18-16-40(64-4)30-48(46)52;;/h5-20,23-24,29-30,35-38,53-56,61-62H,1-2,21-22,25-28,31-34H2,3-4H3;2*1H/q+2;;/p-2/t35?,36?,37?,38?,53?,54?,55-,56-,59?,60?;;/m1../s1. The lowest BCUT2D eigenvalue weighted by Crippen LogP contribution is -3.00. The molecule has 7 aromatic rings. The molecule has 6 aliphatic heterocycles. The number of pyridine rings is 2. The molecule has 8 heterocycles. The molecule has 66 heavy (non-hydrogen) atoms. The first-order valence-electron chi connectivity index (χ1n) is 23.4. The van der Waals surface area contributed by atoms with E-state index >= 15 is 0 Å². The number of ether oxygens (including phenoxy) is 2. The van der Waals surface area contributed by atoms with E-state index in [4.69, 9.17) is 9.47 Å². The van der Waals surface area contributed by atoms with E-state index in [2.05, 4.69) is 83.8 Å². The molecule has 5 aromatic carbocycles. The molecule has 10 heteroatoms. The normalized spacial score (nSPS) is 27.5. The van der Waals surface area contributed by atoms with Gasteiger partial charge in [0.15, 0.2) is 0 Å². The molecule has 342 valence electrons. The van der Waals surface area contributed by atoms with Crippen molar-refractivity contribution in [1.82, 2.24) is 9.97 Å². The molecule has 2 N–H and O–H groups in total. The zero-order chi connectivity index (χ0) is 43.7. The average Bonchev–Trinajstić information content (AvgIpc) is 3.36. The van der Waals surface area contributed by atoms with Gasteiger partial charge in [-0.15, -0.1) is 13.2 Å². The molecule has 8 unspecified atom stereocenters. The van der Waals surface area contributed by atoms with E-state index in [9.17, 15) is 10.2 Å². The topological polar surface area (TPSA) is 84.7 Å². The van der Waals surface area contributed by atoms with Crippen LogP contribution in [0.3, 0.4) is 0 Å². The Hall–Kier alpha value is -4.68. The third kappa shape index (κ3) is 7.56. The quantitative estimate of drug-likeness (QED) is 0.107. The van der Waals surface area contributed by atoms with Gasteiger partial charge in [0.25, 0.3) is 0 Å². The summed E-state index contributed by atoms with van der Waals surface area (Å²) in [4.78, 5) is 9.36. The van der Waals surface area contributed by atoms with Crippen LogP contribution in [0, 0.1) is 23.7 Å². The molecule has 0 aliphatic carbocycles. The summed E-state index contributed by atoms with van der Waals surface area (Å²) in [6.07, 6.45) is 10.8. The maximum atomic E-state index is 12.8. The summed E-state index contributed by atoms with van der Waals surface area (Å²) >= 11 is 0. The van der Waals surface area contributed by atoms with Gasteiger partial charge >= 0.3 is 0 Å². The van der Waals surface area contributed by atoms with Crippen molar-refractivity contribution in [2.45, 2.75) is 63.1 Å². The van der Waals surface area contributed by atoms with Crippen LogP contribution in [0.5, 0.6) is 11.5 Å². The van der Waals surface area contributed by atoms with E-state index in [-0.39, 0.29) is 46.0 Å². The molecule has 0 amide bonds. The Kier molecular flexibility index (Phi) is 13.0. The highest BCUT2D eigenvalue weighted by Crippen LogP contribution is 2.52. The summed E-state index contributed by atoms with van der Waals surface area (Å²) in [6.45, 7) is 14.3. The van der Waals surface area contributed by atoms with E-state index in [0.717, 1.165) is 118 Å². The fraction of sp³-hybridized carbons (Fsp3) is 0.357. The fourth-order valence-electron chi connectivity index (χ4n) is 13.5. The van der Waals surface area contributed by atoms with Crippen molar-refractivity contribution in [3.8, 4) is 11.5 Å². The molecule has 0 spiro atoms. The van der Waals surface area contributed by atoms with Crippen molar-refractivity contribution in [1.29, 1.82) is 0 Å². The molecular formula is C56H60Br2N4O4. The Labute approximate surface area is 409 Å². The highest BCUT2D eigenvalue weighted by atomic mass is 79.9. The molecule has 4 bridgehead atoms. The van der Waals surface area contributed by atoms with Gasteiger partial charge in [-0.1, -0.05) is 60.7 Å². The number of hydrogen-bond acceptors (Lipinski definition) is 6. The number of piperidine rings is 6. The van der Waals surface area contributed by atoms with Gasteiger partial charge in [0.05, 0.1) is 51.4 Å². The molecule has 0 saturated carbocycles. The number of rotatable bonds is 12. The largest absolute Gasteiger partial charge is 1.00 e. The van der Waals surface area contributed by atoms with Gasteiger partial charge in [-0.25, -0.2) is 0 Å². The Morgan fingerprint density at radius 3 is 1.35 bits per heavy atom. The van der Waals surface area contributed by atoms with Crippen molar-refractivity contribution in [3.05, 3.63) is 157 Å². The predicted octanol–water partition coefficient (Wildman–Crippen LogP) is 4.40. The average molecular weight is 1010 g/mol. The summed E-state index contributed by atoms with van der Waals surface area (Å²) in [6, 6.07) is 34.1. The van der Waals surface area contributed by atoms with Crippen LogP contribution in [-0.2, 0) is 13.1 Å². The third-order valence-corrected chi connectivity index (χ3v) is 16.8. The molecule has 10 atom stereocenters. The maximum Gasteiger partial charge on any atom is 0.131 e. The summed E-state index contributed by atoms with van der Waals surface area (Å²) in [5.41, 5.74) is 6.28. The number of aliphatic hydroxyl groups is 2. The molecule has 6 saturated heterocycles. The lowest BCUT2D eigenvalue weighted by molar-refractivity contribution is -0.984. The van der Waals surface area contributed by atoms with E-state index < -0.39 is 12.2 Å². The minimum absolute atomic E-state index is 0. The number of benzene rings is 5. The van der Waals surface area contributed by atoms with E-state index in [1.807, 2.05) is 60.9 Å². The SMILES string of the molecule is C=CC1C[N+]2(Cc3c4ccccc4c(C[N+]45CCC(CC4[C@H](O)c4ccnc6ccc(OC)cc46)C(C=C)C5)c4ccccc34)CCC1CC2[C@H](O)c1ccnc2ccc(OC)cc12.[Br-].[Br-]. The van der Waals surface area contributed by atoms with Gasteiger partial charge in [0.2, 0.25) is 0 Å². The van der Waals surface area contributed by atoms with Crippen LogP contribution in [0.25, 0.3) is 43.4 Å². The highest BCUT2D eigenvalue weighted by molar-refractivity contribution is 6.05. The van der Waals surface area contributed by atoms with Crippen molar-refractivity contribution < 1.29 is 62.6 Å². The number of methoxy groups -OCH3 is 2. The first-order valence-corrected chi connectivity index (χ1v) is 23.4. The minimum Gasteiger partial charge on any atom is -1.00 e. The smallest absolute Gasteiger partial charge is 0.131 e. The van der Waals surface area contributed by atoms with Gasteiger partial charge < -0.3 is 62.6 Å². The number of fused-ring (bicyclic) bond motifs is 10. The van der Waals surface area contributed by atoms with Crippen molar-refractivity contribution >= 4 is 43.4 Å². The molecular weight excluding hydrogens is 952 g/mol. The van der Waals surface area contributed by atoms with Crippen molar-refractivity contribution in [2.24, 2.45) is 23.7 Å². The van der Waals surface area contributed by atoms with Gasteiger partial charge in [0.1, 0.15) is 48.9 Å². The first kappa shape index (κ1) is 46.4. The van der Waals surface area contributed by atoms with Crippen LogP contribution in [0.15, 0.2) is 135 Å². The summed E-state index contributed by atoms with van der Waals surface area (Å²) in [7, 11) is 3.38. The van der Waals surface area contributed by atoms with Crippen LogP contribution in [-0.4, -0.2) is 81.6 Å². The molecule has 13 rings (SSSR count). The van der Waals surface area contributed by atoms with E-state index in [0.29, 0.717) is 23.7 Å². The summed E-state index contributed by atoms with van der Waals surface area (Å²) < 4.78 is 12.9. The lowest BCUT2D eigenvalue weighted by atomic mass is 9.70. The van der Waals surface area contributed by atoms with Gasteiger partial charge in [-0.05, 0) is 93.0 Å². The third-order valence-electron chi connectivity index (χ3n) is 16.8. The number of halogens is 2. The maximum absolute atomic E-state index is 12.8. The van der Waals surface area contributed by atoms with Crippen LogP contribution in [0.4, 0.5) is 0 Å². The second-order valence-corrected chi connectivity index (χ2v) is 19.6. The lowest BCUT2D eigenvalue weighted by Gasteiger charge is -2.58. The summed E-state index contributed by atoms with van der Waals surface area (Å²) in [5.74, 6) is 3.29. The Morgan fingerprint density at radius 1 is 0.591 bits per heavy atom. The fourth-order valence-corrected chi connectivity index (χ4v) is 13.5. The first-order chi connectivity index (χ1) is 31.3. The molecule has 2 aromatic heterocycles. The van der Waals surface area contributed by atoms with Gasteiger partial charge in [-0.2, -0.15) is 0 Å². The molecule has 6 aliphatic rings. The number of aromatic nitrogens is 2. The molecule has 6 fully saturated rings. The van der Waals surface area contributed by atoms with Gasteiger partial charge in [-0.3, -0.25) is 9.97 Å². The van der Waals surface area contributed by atoms with E-state index in [1.165, 1.54) is 32.7 Å². The van der Waals surface area contributed by atoms with Crippen LogP contribution >= 0.6 is 0 Å². The van der Waals surface area contributed by atoms with Crippen LogP contribution in [0.1, 0.15) is 60.1 Å². The van der Waals surface area contributed by atoms with Crippen LogP contribution in [0.2, 0.25) is 0 Å². The Morgan fingerprint density at radius 2 is 0.985 bits per heavy atom. The highest BCUT2D eigenvalue weighted by Gasteiger charge is 2.56.